The lowest BCUT2D eigenvalue weighted by molar-refractivity contribution is -0.131. The van der Waals surface area contributed by atoms with E-state index < -0.39 is 17.8 Å². The van der Waals surface area contributed by atoms with Crippen LogP contribution in [0.25, 0.3) is 6.08 Å². The maximum absolute atomic E-state index is 12.9. The maximum atomic E-state index is 12.9. The molecule has 154 valence electrons. The second kappa shape index (κ2) is 9.43. The second-order valence-corrected chi connectivity index (χ2v) is 7.96. The zero-order valence-corrected chi connectivity index (χ0v) is 18.4. The van der Waals surface area contributed by atoms with Gasteiger partial charge in [0.2, 0.25) is 0 Å². The smallest absolute Gasteiger partial charge is 0.331 e. The number of rotatable bonds is 7. The van der Waals surface area contributed by atoms with Crippen molar-refractivity contribution in [3.8, 4) is 11.5 Å². The van der Waals surface area contributed by atoms with E-state index in [1.807, 2.05) is 6.92 Å². The van der Waals surface area contributed by atoms with Crippen LogP contribution in [0.2, 0.25) is 0 Å². The zero-order valence-electron chi connectivity index (χ0n) is 16.2. The molecule has 0 spiro atoms. The minimum Gasteiger partial charge on any atom is -0.490 e. The monoisotopic (exact) mass is 510 g/mol. The van der Waals surface area contributed by atoms with Gasteiger partial charge in [-0.15, -0.1) is 0 Å². The minimum atomic E-state index is -0.686. The Morgan fingerprint density at radius 2 is 1.97 bits per heavy atom. The summed E-state index contributed by atoms with van der Waals surface area (Å²) in [6.45, 7) is 6.27. The molecule has 2 aliphatic rings. The lowest BCUT2D eigenvalue weighted by atomic mass is 10.0. The highest BCUT2D eigenvalue weighted by Gasteiger charge is 2.40. The Morgan fingerprint density at radius 3 is 2.62 bits per heavy atom. The maximum Gasteiger partial charge on any atom is 0.331 e. The molecule has 0 atom stereocenters. The van der Waals surface area contributed by atoms with E-state index >= 15 is 0 Å². The number of nitrogens with one attached hydrogen (secondary N) is 1. The van der Waals surface area contributed by atoms with Crippen LogP contribution in [-0.2, 0) is 9.59 Å². The van der Waals surface area contributed by atoms with E-state index in [-0.39, 0.29) is 11.6 Å². The van der Waals surface area contributed by atoms with Gasteiger partial charge in [0, 0.05) is 6.04 Å². The third kappa shape index (κ3) is 4.63. The van der Waals surface area contributed by atoms with Crippen LogP contribution >= 0.6 is 22.6 Å². The highest BCUT2D eigenvalue weighted by Crippen LogP contribution is 2.35. The lowest BCUT2D eigenvalue weighted by Gasteiger charge is -2.31. The number of carbonyl (C=O) groups excluding carboxylic acids is 3. The molecule has 1 aromatic carbocycles. The van der Waals surface area contributed by atoms with Gasteiger partial charge in [0.15, 0.2) is 11.5 Å². The summed E-state index contributed by atoms with van der Waals surface area (Å²) in [5.74, 6) is -0.142. The van der Waals surface area contributed by atoms with Crippen molar-refractivity contribution in [1.29, 1.82) is 0 Å². The molecule has 4 amide bonds. The Labute approximate surface area is 183 Å². The van der Waals surface area contributed by atoms with Crippen molar-refractivity contribution in [2.75, 3.05) is 13.2 Å². The Kier molecular flexibility index (Phi) is 6.94. The quantitative estimate of drug-likeness (QED) is 0.262. The summed E-state index contributed by atoms with van der Waals surface area (Å²) in [5, 5.41) is 2.29. The number of hydrogen-bond donors (Lipinski definition) is 1. The molecule has 1 aliphatic heterocycles. The largest absolute Gasteiger partial charge is 0.490 e. The predicted molar refractivity (Wildman–Crippen MR) is 117 cm³/mol. The first kappa shape index (κ1) is 21.4. The highest BCUT2D eigenvalue weighted by molar-refractivity contribution is 14.1. The molecule has 1 N–H and O–H groups in total. The van der Waals surface area contributed by atoms with E-state index in [9.17, 15) is 14.4 Å². The Hall–Kier alpha value is -2.36. The molecule has 1 saturated heterocycles. The van der Waals surface area contributed by atoms with Crippen LogP contribution in [-0.4, -0.2) is 42.0 Å². The lowest BCUT2D eigenvalue weighted by Crippen LogP contribution is -2.57. The number of halogens is 1. The van der Waals surface area contributed by atoms with Crippen molar-refractivity contribution in [1.82, 2.24) is 10.2 Å². The van der Waals surface area contributed by atoms with Gasteiger partial charge in [-0.25, -0.2) is 4.79 Å². The molecular formula is C21H23IN2O5. The number of urea groups is 1. The normalized spacial score (nSPS) is 18.9. The fourth-order valence-corrected chi connectivity index (χ4v) is 4.33. The molecule has 8 heteroatoms. The van der Waals surface area contributed by atoms with Crippen LogP contribution in [0.3, 0.4) is 0 Å². The van der Waals surface area contributed by atoms with E-state index in [2.05, 4.69) is 34.5 Å². The summed E-state index contributed by atoms with van der Waals surface area (Å²) in [6.07, 6.45) is 6.60. The number of imide groups is 2. The van der Waals surface area contributed by atoms with E-state index in [1.54, 1.807) is 18.2 Å². The van der Waals surface area contributed by atoms with Crippen LogP contribution in [0.4, 0.5) is 4.79 Å². The molecule has 7 nitrogen and oxygen atoms in total. The molecule has 0 radical (unpaired) electrons. The average molecular weight is 510 g/mol. The number of hydrogen-bond acceptors (Lipinski definition) is 5. The number of barbiturate groups is 1. The highest BCUT2D eigenvalue weighted by atomic mass is 127. The SMILES string of the molecule is C=CCOc1c(I)cc(/C=C2\C(=O)NC(=O)N(C3CCCC3)C2=O)cc1OCC. The van der Waals surface area contributed by atoms with Gasteiger partial charge in [-0.3, -0.25) is 19.8 Å². The molecular weight excluding hydrogens is 487 g/mol. The summed E-state index contributed by atoms with van der Waals surface area (Å²) in [6, 6.07) is 2.72. The van der Waals surface area contributed by atoms with Crippen molar-refractivity contribution in [2.24, 2.45) is 0 Å². The molecule has 0 bridgehead atoms. The van der Waals surface area contributed by atoms with E-state index in [0.29, 0.717) is 30.3 Å². The van der Waals surface area contributed by atoms with Gasteiger partial charge in [0.05, 0.1) is 10.2 Å². The first-order valence-electron chi connectivity index (χ1n) is 9.56. The van der Waals surface area contributed by atoms with Crippen LogP contribution in [0.5, 0.6) is 11.5 Å². The van der Waals surface area contributed by atoms with Crippen LogP contribution in [0.1, 0.15) is 38.2 Å². The Bertz CT molecular complexity index is 874. The molecule has 1 heterocycles. The third-order valence-corrected chi connectivity index (χ3v) is 5.61. The minimum absolute atomic E-state index is 0.0606. The molecule has 2 fully saturated rings. The van der Waals surface area contributed by atoms with Crippen molar-refractivity contribution in [3.05, 3.63) is 39.5 Å². The number of carbonyl (C=O) groups is 3. The average Bonchev–Trinajstić information content (AvgIpc) is 3.19. The first-order chi connectivity index (χ1) is 14.0. The van der Waals surface area contributed by atoms with Gasteiger partial charge in [-0.05, 0) is 66.1 Å². The molecule has 0 unspecified atom stereocenters. The van der Waals surface area contributed by atoms with Gasteiger partial charge in [0.25, 0.3) is 11.8 Å². The third-order valence-electron chi connectivity index (χ3n) is 4.81. The standard InChI is InChI=1S/C21H23IN2O5/c1-3-9-29-18-16(22)11-13(12-17(18)28-4-2)10-15-19(25)23-21(27)24(20(15)26)14-7-5-6-8-14/h3,10-12,14H,1,4-9H2,2H3,(H,23,25,27)/b15-10+. The molecule has 1 aliphatic carbocycles. The zero-order chi connectivity index (χ0) is 21.0. The van der Waals surface area contributed by atoms with Crippen molar-refractivity contribution in [3.63, 3.8) is 0 Å². The van der Waals surface area contributed by atoms with Crippen molar-refractivity contribution >= 4 is 46.5 Å². The molecule has 3 rings (SSSR count). The number of nitrogens with zero attached hydrogens (tertiary/aromatic N) is 1. The van der Waals surface area contributed by atoms with Gasteiger partial charge in [-0.2, -0.15) is 0 Å². The summed E-state index contributed by atoms with van der Waals surface area (Å²) in [4.78, 5) is 38.7. The second-order valence-electron chi connectivity index (χ2n) is 6.79. The molecule has 1 aromatic rings. The van der Waals surface area contributed by atoms with Crippen LogP contribution in [0, 0.1) is 3.57 Å². The van der Waals surface area contributed by atoms with E-state index in [4.69, 9.17) is 9.47 Å². The number of amides is 4. The molecule has 29 heavy (non-hydrogen) atoms. The van der Waals surface area contributed by atoms with E-state index in [0.717, 1.165) is 29.3 Å². The van der Waals surface area contributed by atoms with Gasteiger partial charge >= 0.3 is 6.03 Å². The summed E-state index contributed by atoms with van der Waals surface area (Å²) in [5.41, 5.74) is 0.553. The number of ether oxygens (including phenoxy) is 2. The molecule has 1 saturated carbocycles. The Balaban J connectivity index is 1.96. The summed E-state index contributed by atoms with van der Waals surface area (Å²) < 4.78 is 12.1. The molecule has 0 aromatic heterocycles. The summed E-state index contributed by atoms with van der Waals surface area (Å²) >= 11 is 2.12. The fourth-order valence-electron chi connectivity index (χ4n) is 3.55. The van der Waals surface area contributed by atoms with Gasteiger partial charge in [0.1, 0.15) is 12.2 Å². The van der Waals surface area contributed by atoms with Gasteiger partial charge in [-0.1, -0.05) is 25.5 Å². The van der Waals surface area contributed by atoms with Gasteiger partial charge < -0.3 is 9.47 Å². The van der Waals surface area contributed by atoms with Crippen LogP contribution in [0.15, 0.2) is 30.4 Å². The van der Waals surface area contributed by atoms with Crippen LogP contribution < -0.4 is 14.8 Å². The Morgan fingerprint density at radius 1 is 1.24 bits per heavy atom. The first-order valence-corrected chi connectivity index (χ1v) is 10.6. The topological polar surface area (TPSA) is 84.9 Å². The summed E-state index contributed by atoms with van der Waals surface area (Å²) in [7, 11) is 0. The predicted octanol–water partition coefficient (Wildman–Crippen LogP) is 3.66. The number of benzene rings is 1. The fraction of sp³-hybridized carbons (Fsp3) is 0.381. The van der Waals surface area contributed by atoms with Crippen molar-refractivity contribution < 1.29 is 23.9 Å². The van der Waals surface area contributed by atoms with Crippen molar-refractivity contribution in [2.45, 2.75) is 38.6 Å². The van der Waals surface area contributed by atoms with E-state index in [1.165, 1.54) is 11.0 Å².